The van der Waals surface area contributed by atoms with Crippen LogP contribution in [0, 0.1) is 18.3 Å². The highest BCUT2D eigenvalue weighted by Gasteiger charge is 2.00. The quantitative estimate of drug-likeness (QED) is 0.879. The number of aromatic nitrogens is 2. The molecule has 2 aromatic rings. The van der Waals surface area contributed by atoms with Gasteiger partial charge in [-0.2, -0.15) is 5.26 Å². The molecular weight excluding hydrogens is 220 g/mol. The van der Waals surface area contributed by atoms with Crippen LogP contribution in [-0.2, 0) is 6.54 Å². The molecule has 5 heteroatoms. The normalized spacial score (nSPS) is 9.75. The maximum atomic E-state index is 8.70. The zero-order chi connectivity index (χ0) is 11.4. The van der Waals surface area contributed by atoms with Crippen LogP contribution in [0.1, 0.15) is 16.4 Å². The Morgan fingerprint density at radius 1 is 1.44 bits per heavy atom. The Balaban J connectivity index is 2.02. The van der Waals surface area contributed by atoms with Gasteiger partial charge < -0.3 is 5.32 Å². The zero-order valence-electron chi connectivity index (χ0n) is 8.77. The van der Waals surface area contributed by atoms with Crippen molar-refractivity contribution in [3.8, 4) is 6.07 Å². The summed E-state index contributed by atoms with van der Waals surface area (Å²) in [6, 6.07) is 7.33. The van der Waals surface area contributed by atoms with Crippen molar-refractivity contribution < 1.29 is 0 Å². The van der Waals surface area contributed by atoms with Gasteiger partial charge in [0, 0.05) is 11.1 Å². The summed E-state index contributed by atoms with van der Waals surface area (Å²) in [5.74, 6) is 0.701. The van der Waals surface area contributed by atoms with Crippen LogP contribution in [-0.4, -0.2) is 9.97 Å². The Labute approximate surface area is 97.6 Å². The van der Waals surface area contributed by atoms with E-state index in [1.807, 2.05) is 24.4 Å². The number of rotatable bonds is 3. The number of aryl methyl sites for hydroxylation is 1. The van der Waals surface area contributed by atoms with E-state index in [4.69, 9.17) is 5.26 Å². The number of hydrogen-bond acceptors (Lipinski definition) is 5. The highest BCUT2D eigenvalue weighted by Crippen LogP contribution is 2.11. The Hall–Kier alpha value is -1.93. The smallest absolute Gasteiger partial charge is 0.142 e. The lowest BCUT2D eigenvalue weighted by Crippen LogP contribution is -2.01. The Morgan fingerprint density at radius 2 is 2.31 bits per heavy atom. The van der Waals surface area contributed by atoms with E-state index in [9.17, 15) is 0 Å². The summed E-state index contributed by atoms with van der Waals surface area (Å²) < 4.78 is 0. The summed E-state index contributed by atoms with van der Waals surface area (Å²) in [6.07, 6.45) is 0. The topological polar surface area (TPSA) is 61.6 Å². The van der Waals surface area contributed by atoms with Gasteiger partial charge in [-0.05, 0) is 19.1 Å². The first kappa shape index (κ1) is 10.6. The number of pyridine rings is 1. The van der Waals surface area contributed by atoms with Gasteiger partial charge >= 0.3 is 0 Å². The van der Waals surface area contributed by atoms with Gasteiger partial charge in [0.15, 0.2) is 0 Å². The van der Waals surface area contributed by atoms with Crippen LogP contribution < -0.4 is 5.32 Å². The average Bonchev–Trinajstić information content (AvgIpc) is 2.73. The van der Waals surface area contributed by atoms with Gasteiger partial charge in [0.05, 0.1) is 6.54 Å². The van der Waals surface area contributed by atoms with E-state index in [2.05, 4.69) is 15.3 Å². The first-order valence-electron chi connectivity index (χ1n) is 4.80. The molecule has 0 aliphatic carbocycles. The number of thiazole rings is 1. The molecule has 0 aliphatic heterocycles. The van der Waals surface area contributed by atoms with E-state index in [0.717, 1.165) is 10.7 Å². The van der Waals surface area contributed by atoms with Crippen molar-refractivity contribution in [1.29, 1.82) is 5.26 Å². The molecule has 16 heavy (non-hydrogen) atoms. The molecule has 0 atom stereocenters. The van der Waals surface area contributed by atoms with Gasteiger partial charge in [0.2, 0.25) is 0 Å². The molecule has 0 radical (unpaired) electrons. The molecule has 2 aromatic heterocycles. The highest BCUT2D eigenvalue weighted by molar-refractivity contribution is 7.09. The van der Waals surface area contributed by atoms with Gasteiger partial charge in [0.1, 0.15) is 22.6 Å². The molecule has 0 fully saturated rings. The fourth-order valence-corrected chi connectivity index (χ4v) is 1.96. The molecule has 0 unspecified atom stereocenters. The number of nitrogens with zero attached hydrogens (tertiary/aromatic N) is 3. The third-order valence-electron chi connectivity index (χ3n) is 1.95. The van der Waals surface area contributed by atoms with Crippen molar-refractivity contribution in [3.63, 3.8) is 0 Å². The second-order valence-corrected chi connectivity index (χ2v) is 4.20. The minimum absolute atomic E-state index is 0.417. The molecule has 2 rings (SSSR count). The summed E-state index contributed by atoms with van der Waals surface area (Å²) in [7, 11) is 0. The van der Waals surface area contributed by atoms with Crippen molar-refractivity contribution in [2.24, 2.45) is 0 Å². The van der Waals surface area contributed by atoms with Crippen LogP contribution in [0.25, 0.3) is 0 Å². The predicted molar refractivity (Wildman–Crippen MR) is 63.1 cm³/mol. The second-order valence-electron chi connectivity index (χ2n) is 3.26. The van der Waals surface area contributed by atoms with Gasteiger partial charge in [0.25, 0.3) is 0 Å². The van der Waals surface area contributed by atoms with E-state index in [-0.39, 0.29) is 0 Å². The zero-order valence-corrected chi connectivity index (χ0v) is 9.58. The van der Waals surface area contributed by atoms with E-state index in [1.165, 1.54) is 0 Å². The summed E-state index contributed by atoms with van der Waals surface area (Å²) >= 11 is 1.61. The van der Waals surface area contributed by atoms with Gasteiger partial charge in [-0.1, -0.05) is 6.07 Å². The summed E-state index contributed by atoms with van der Waals surface area (Å²) in [6.45, 7) is 2.61. The first-order chi connectivity index (χ1) is 7.78. The minimum atomic E-state index is 0.417. The summed E-state index contributed by atoms with van der Waals surface area (Å²) in [5.41, 5.74) is 1.45. The third-order valence-corrected chi connectivity index (χ3v) is 2.92. The van der Waals surface area contributed by atoms with Crippen molar-refractivity contribution in [3.05, 3.63) is 40.0 Å². The van der Waals surface area contributed by atoms with Crippen LogP contribution in [0.5, 0.6) is 0 Å². The van der Waals surface area contributed by atoms with Crippen LogP contribution in [0.4, 0.5) is 5.82 Å². The minimum Gasteiger partial charge on any atom is -0.364 e. The maximum Gasteiger partial charge on any atom is 0.142 e. The van der Waals surface area contributed by atoms with Gasteiger partial charge in [-0.25, -0.2) is 9.97 Å². The highest BCUT2D eigenvalue weighted by atomic mass is 32.1. The lowest BCUT2D eigenvalue weighted by Gasteiger charge is -2.02. The lowest BCUT2D eigenvalue weighted by molar-refractivity contribution is 1.05. The number of anilines is 1. The van der Waals surface area contributed by atoms with Crippen molar-refractivity contribution in [2.45, 2.75) is 13.5 Å². The van der Waals surface area contributed by atoms with Gasteiger partial charge in [-0.15, -0.1) is 11.3 Å². The fraction of sp³-hybridized carbons (Fsp3) is 0.182. The Bertz CT molecular complexity index is 527. The number of nitriles is 1. The number of hydrogen-bond donors (Lipinski definition) is 1. The molecule has 0 saturated heterocycles. The maximum absolute atomic E-state index is 8.70. The SMILES string of the molecule is Cc1csc(CNc2cccc(C#N)n2)n1. The molecule has 0 saturated carbocycles. The lowest BCUT2D eigenvalue weighted by atomic mass is 10.3. The van der Waals surface area contributed by atoms with E-state index >= 15 is 0 Å². The van der Waals surface area contributed by atoms with Crippen LogP contribution >= 0.6 is 11.3 Å². The predicted octanol–water partition coefficient (Wildman–Crippen LogP) is 2.33. The van der Waals surface area contributed by atoms with Crippen molar-refractivity contribution in [1.82, 2.24) is 9.97 Å². The van der Waals surface area contributed by atoms with Gasteiger partial charge in [-0.3, -0.25) is 0 Å². The molecule has 0 bridgehead atoms. The molecule has 0 aliphatic rings. The standard InChI is InChI=1S/C11H10N4S/c1-8-7-16-11(14-8)6-13-10-4-2-3-9(5-12)15-10/h2-4,7H,6H2,1H3,(H,13,15). The Kier molecular flexibility index (Phi) is 3.13. The van der Waals surface area contributed by atoms with E-state index in [1.54, 1.807) is 23.5 Å². The molecule has 0 aromatic carbocycles. The molecule has 0 spiro atoms. The molecule has 0 amide bonds. The summed E-state index contributed by atoms with van der Waals surface area (Å²) in [5, 5.41) is 14.9. The second kappa shape index (κ2) is 4.73. The van der Waals surface area contributed by atoms with E-state index < -0.39 is 0 Å². The Morgan fingerprint density at radius 3 is 3.00 bits per heavy atom. The van der Waals surface area contributed by atoms with Crippen LogP contribution in [0.2, 0.25) is 0 Å². The molecule has 4 nitrogen and oxygen atoms in total. The number of nitrogens with one attached hydrogen (secondary N) is 1. The fourth-order valence-electron chi connectivity index (χ4n) is 1.25. The van der Waals surface area contributed by atoms with Crippen LogP contribution in [0.3, 0.4) is 0 Å². The van der Waals surface area contributed by atoms with Crippen molar-refractivity contribution >= 4 is 17.2 Å². The first-order valence-corrected chi connectivity index (χ1v) is 5.68. The third kappa shape index (κ3) is 2.55. The van der Waals surface area contributed by atoms with Crippen molar-refractivity contribution in [2.75, 3.05) is 5.32 Å². The molecule has 1 N–H and O–H groups in total. The largest absolute Gasteiger partial charge is 0.364 e. The molecule has 80 valence electrons. The molecular formula is C11H10N4S. The summed E-state index contributed by atoms with van der Waals surface area (Å²) in [4.78, 5) is 8.45. The average molecular weight is 230 g/mol. The van der Waals surface area contributed by atoms with Crippen LogP contribution in [0.15, 0.2) is 23.6 Å². The molecule has 2 heterocycles. The monoisotopic (exact) mass is 230 g/mol. The van der Waals surface area contributed by atoms with E-state index in [0.29, 0.717) is 18.1 Å².